The van der Waals surface area contributed by atoms with E-state index >= 15 is 0 Å². The van der Waals surface area contributed by atoms with Crippen LogP contribution in [-0.4, -0.2) is 9.55 Å². The van der Waals surface area contributed by atoms with Crippen molar-refractivity contribution < 1.29 is 4.39 Å². The summed E-state index contributed by atoms with van der Waals surface area (Å²) in [5.74, 6) is -0.557. The summed E-state index contributed by atoms with van der Waals surface area (Å²) in [5, 5.41) is -0.0431. The van der Waals surface area contributed by atoms with E-state index in [1.54, 1.807) is 0 Å². The zero-order valence-corrected chi connectivity index (χ0v) is 10.0. The molecule has 0 aliphatic heterocycles. The van der Waals surface area contributed by atoms with Crippen LogP contribution < -0.4 is 0 Å². The highest BCUT2D eigenvalue weighted by Gasteiger charge is 2.24. The Bertz CT molecular complexity index is 517. The largest absolute Gasteiger partial charge is 0.285 e. The first-order valence-corrected chi connectivity index (χ1v) is 5.30. The summed E-state index contributed by atoms with van der Waals surface area (Å²) in [6.45, 7) is 0. The first-order chi connectivity index (χ1) is 6.89. The molecule has 0 radical (unpaired) electrons. The van der Waals surface area contributed by atoms with Gasteiger partial charge in [0, 0.05) is 6.07 Å². The van der Waals surface area contributed by atoms with Gasteiger partial charge in [0.2, 0.25) is 0 Å². The second-order valence-electron chi connectivity index (χ2n) is 2.84. The molecule has 0 N–H and O–H groups in total. The van der Waals surface area contributed by atoms with Gasteiger partial charge in [-0.05, 0) is 6.07 Å². The number of fused-ring (bicyclic) bond motifs is 1. The van der Waals surface area contributed by atoms with Gasteiger partial charge in [-0.1, -0.05) is 46.4 Å². The highest BCUT2D eigenvalue weighted by atomic mass is 35.6. The van der Waals surface area contributed by atoms with Crippen LogP contribution in [0.5, 0.6) is 0 Å². The Hall–Kier alpha value is -0.220. The Morgan fingerprint density at radius 3 is 2.53 bits per heavy atom. The Balaban J connectivity index is 2.75. The predicted molar refractivity (Wildman–Crippen MR) is 60.2 cm³/mol. The van der Waals surface area contributed by atoms with Gasteiger partial charge in [0.15, 0.2) is 0 Å². The van der Waals surface area contributed by atoms with E-state index in [1.807, 2.05) is 0 Å². The van der Waals surface area contributed by atoms with Gasteiger partial charge in [0.25, 0.3) is 3.92 Å². The van der Waals surface area contributed by atoms with Crippen molar-refractivity contribution in [1.29, 1.82) is 0 Å². The SMILES string of the molecule is Fc1cc2ncn(C(Cl)(Cl)Cl)c2cc1Cl. The number of alkyl halides is 3. The fraction of sp³-hybridized carbons (Fsp3) is 0.125. The van der Waals surface area contributed by atoms with E-state index in [4.69, 9.17) is 46.4 Å². The lowest BCUT2D eigenvalue weighted by molar-refractivity contribution is 0.629. The molecular weight excluding hydrogens is 285 g/mol. The Kier molecular flexibility index (Phi) is 2.75. The van der Waals surface area contributed by atoms with Gasteiger partial charge in [0.05, 0.1) is 22.4 Å². The molecule has 2 nitrogen and oxygen atoms in total. The molecule has 80 valence electrons. The normalized spacial score (nSPS) is 12.3. The first-order valence-electron chi connectivity index (χ1n) is 3.79. The molecule has 0 unspecified atom stereocenters. The van der Waals surface area contributed by atoms with Crippen LogP contribution >= 0.6 is 46.4 Å². The van der Waals surface area contributed by atoms with Crippen LogP contribution in [0.25, 0.3) is 11.0 Å². The van der Waals surface area contributed by atoms with Gasteiger partial charge in [-0.15, -0.1) is 0 Å². The standard InChI is InChI=1S/C8H3Cl4FN2/c9-4-1-7-6(2-5(4)13)14-3-15(7)8(10,11)12/h1-3H. The van der Waals surface area contributed by atoms with Crippen molar-refractivity contribution in [2.24, 2.45) is 0 Å². The minimum atomic E-state index is -1.67. The zero-order valence-electron chi connectivity index (χ0n) is 7.02. The highest BCUT2D eigenvalue weighted by Crippen LogP contribution is 2.36. The Morgan fingerprint density at radius 2 is 1.93 bits per heavy atom. The van der Waals surface area contributed by atoms with Gasteiger partial charge in [0.1, 0.15) is 5.82 Å². The number of aromatic nitrogens is 2. The van der Waals surface area contributed by atoms with Crippen LogP contribution in [0.15, 0.2) is 18.5 Å². The van der Waals surface area contributed by atoms with Crippen molar-refractivity contribution in [2.45, 2.75) is 3.92 Å². The van der Waals surface area contributed by atoms with Crippen molar-refractivity contribution in [3.05, 3.63) is 29.3 Å². The lowest BCUT2D eigenvalue weighted by atomic mass is 10.3. The number of halogens is 5. The summed E-state index contributed by atoms with van der Waals surface area (Å²) in [7, 11) is 0. The molecule has 1 aromatic heterocycles. The van der Waals surface area contributed by atoms with Crippen molar-refractivity contribution in [2.75, 3.05) is 0 Å². The molecular formula is C8H3Cl4FN2. The molecule has 1 aromatic carbocycles. The van der Waals surface area contributed by atoms with Crippen LogP contribution in [0.3, 0.4) is 0 Å². The van der Waals surface area contributed by atoms with E-state index in [2.05, 4.69) is 4.98 Å². The van der Waals surface area contributed by atoms with Gasteiger partial charge in [-0.2, -0.15) is 0 Å². The van der Waals surface area contributed by atoms with Gasteiger partial charge >= 0.3 is 0 Å². The van der Waals surface area contributed by atoms with E-state index < -0.39 is 9.73 Å². The third-order valence-corrected chi connectivity index (χ3v) is 2.70. The highest BCUT2D eigenvalue weighted by molar-refractivity contribution is 6.64. The molecule has 0 fully saturated rings. The van der Waals surface area contributed by atoms with Crippen LogP contribution in [0.4, 0.5) is 4.39 Å². The lowest BCUT2D eigenvalue weighted by Gasteiger charge is -2.13. The summed E-state index contributed by atoms with van der Waals surface area (Å²) in [6.07, 6.45) is 1.31. The molecule has 2 aromatic rings. The maximum absolute atomic E-state index is 13.1. The molecule has 15 heavy (non-hydrogen) atoms. The van der Waals surface area contributed by atoms with Crippen LogP contribution in [0.2, 0.25) is 5.02 Å². The third kappa shape index (κ3) is 2.02. The monoisotopic (exact) mass is 286 g/mol. The molecule has 0 aliphatic rings. The van der Waals surface area contributed by atoms with E-state index in [0.29, 0.717) is 11.0 Å². The summed E-state index contributed by atoms with van der Waals surface area (Å²) in [5.41, 5.74) is 0.838. The quantitative estimate of drug-likeness (QED) is 0.667. The topological polar surface area (TPSA) is 17.8 Å². The molecule has 7 heteroatoms. The number of nitrogens with zero attached hydrogens (tertiary/aromatic N) is 2. The zero-order chi connectivity index (χ0) is 11.2. The van der Waals surface area contributed by atoms with E-state index in [0.717, 1.165) is 0 Å². The summed E-state index contributed by atoms with van der Waals surface area (Å²) in [4.78, 5) is 3.90. The molecule has 0 amide bonds. The average Bonchev–Trinajstić information content (AvgIpc) is 2.47. The van der Waals surface area contributed by atoms with E-state index in [-0.39, 0.29) is 5.02 Å². The Labute approximate surface area is 104 Å². The van der Waals surface area contributed by atoms with Crippen molar-refractivity contribution >= 4 is 57.4 Å². The smallest absolute Gasteiger partial charge is 0.273 e. The molecule has 0 spiro atoms. The fourth-order valence-electron chi connectivity index (χ4n) is 1.21. The van der Waals surface area contributed by atoms with Crippen molar-refractivity contribution in [3.63, 3.8) is 0 Å². The second-order valence-corrected chi connectivity index (χ2v) is 5.47. The van der Waals surface area contributed by atoms with Gasteiger partial charge in [-0.3, -0.25) is 4.57 Å². The first kappa shape index (κ1) is 11.3. The fourth-order valence-corrected chi connectivity index (χ4v) is 1.77. The Morgan fingerprint density at radius 1 is 1.27 bits per heavy atom. The summed E-state index contributed by atoms with van der Waals surface area (Å²) < 4.78 is 12.7. The molecule has 0 atom stereocenters. The number of hydrogen-bond donors (Lipinski definition) is 0. The van der Waals surface area contributed by atoms with E-state index in [1.165, 1.54) is 23.0 Å². The minimum Gasteiger partial charge on any atom is -0.285 e. The van der Waals surface area contributed by atoms with Crippen molar-refractivity contribution in [3.8, 4) is 0 Å². The second kappa shape index (κ2) is 3.67. The minimum absolute atomic E-state index is 0.0431. The van der Waals surface area contributed by atoms with Crippen LogP contribution in [0.1, 0.15) is 0 Å². The third-order valence-electron chi connectivity index (χ3n) is 1.86. The van der Waals surface area contributed by atoms with E-state index in [9.17, 15) is 4.39 Å². The summed E-state index contributed by atoms with van der Waals surface area (Å²) >= 11 is 22.7. The summed E-state index contributed by atoms with van der Waals surface area (Å²) in [6, 6.07) is 2.55. The number of hydrogen-bond acceptors (Lipinski definition) is 1. The molecule has 2 rings (SSSR count). The maximum atomic E-state index is 13.1. The number of rotatable bonds is 0. The van der Waals surface area contributed by atoms with Crippen LogP contribution in [-0.2, 0) is 3.92 Å². The molecule has 0 aliphatic carbocycles. The predicted octanol–water partition coefficient (Wildman–Crippen LogP) is 4.11. The molecule has 0 saturated carbocycles. The van der Waals surface area contributed by atoms with Gasteiger partial charge < -0.3 is 0 Å². The lowest BCUT2D eigenvalue weighted by Crippen LogP contribution is -2.10. The average molecular weight is 288 g/mol. The number of benzene rings is 1. The molecule has 1 heterocycles. The number of imidazole rings is 1. The molecule has 0 bridgehead atoms. The maximum Gasteiger partial charge on any atom is 0.273 e. The van der Waals surface area contributed by atoms with Crippen LogP contribution in [0, 0.1) is 5.82 Å². The molecule has 0 saturated heterocycles. The van der Waals surface area contributed by atoms with Gasteiger partial charge in [-0.25, -0.2) is 9.37 Å². The van der Waals surface area contributed by atoms with Crippen molar-refractivity contribution in [1.82, 2.24) is 9.55 Å².